The molecule has 5 atom stereocenters. The number of carbonyl (C=O) groups excluding carboxylic acids is 2. The second-order valence-electron chi connectivity index (χ2n) is 8.55. The second kappa shape index (κ2) is 12.3. The molecule has 2 aliphatic heterocycles. The molecule has 5 unspecified atom stereocenters. The van der Waals surface area contributed by atoms with Gasteiger partial charge in [-0.1, -0.05) is 31.1 Å². The molecule has 6 nitrogen and oxygen atoms in total. The van der Waals surface area contributed by atoms with Gasteiger partial charge in [-0.25, -0.2) is 0 Å². The summed E-state index contributed by atoms with van der Waals surface area (Å²) in [6, 6.07) is 0. The SMILES string of the molecule is C=CCCCC1OC1COC(=O)C1CCCCC1C(=O)OC/C=C/CCCC1CO1. The van der Waals surface area contributed by atoms with E-state index in [2.05, 4.69) is 6.58 Å². The van der Waals surface area contributed by atoms with Crippen molar-refractivity contribution in [3.05, 3.63) is 24.8 Å². The summed E-state index contributed by atoms with van der Waals surface area (Å²) >= 11 is 0. The van der Waals surface area contributed by atoms with Gasteiger partial charge in [0.25, 0.3) is 0 Å². The Labute approximate surface area is 180 Å². The monoisotopic (exact) mass is 420 g/mol. The Morgan fingerprint density at radius 1 is 0.933 bits per heavy atom. The Morgan fingerprint density at radius 3 is 2.33 bits per heavy atom. The summed E-state index contributed by atoms with van der Waals surface area (Å²) in [6.45, 7) is 5.16. The Bertz CT molecular complexity index is 597. The van der Waals surface area contributed by atoms with E-state index >= 15 is 0 Å². The van der Waals surface area contributed by atoms with E-state index in [0.717, 1.165) is 58.0 Å². The Balaban J connectivity index is 1.32. The van der Waals surface area contributed by atoms with E-state index in [4.69, 9.17) is 18.9 Å². The lowest BCUT2D eigenvalue weighted by Gasteiger charge is -2.28. The van der Waals surface area contributed by atoms with Gasteiger partial charge in [-0.2, -0.15) is 0 Å². The summed E-state index contributed by atoms with van der Waals surface area (Å²) in [5, 5.41) is 0. The lowest BCUT2D eigenvalue weighted by molar-refractivity contribution is -0.162. The summed E-state index contributed by atoms with van der Waals surface area (Å²) in [5.41, 5.74) is 0. The van der Waals surface area contributed by atoms with Crippen molar-refractivity contribution in [2.45, 2.75) is 82.5 Å². The van der Waals surface area contributed by atoms with Crippen molar-refractivity contribution in [1.29, 1.82) is 0 Å². The van der Waals surface area contributed by atoms with Crippen molar-refractivity contribution >= 4 is 11.9 Å². The molecule has 0 radical (unpaired) electrons. The standard InChI is InChI=1S/C24H36O6/c1-2-3-6-14-21-22(30-21)17-29-24(26)20-13-9-8-12-19(20)23(25)27-15-10-5-4-7-11-18-16-28-18/h2,5,10,18-22H,1,3-4,6-9,11-17H2/b10-5+. The molecule has 0 spiro atoms. The average Bonchev–Trinajstić information content (AvgIpc) is 3.68. The van der Waals surface area contributed by atoms with E-state index in [9.17, 15) is 9.59 Å². The Hall–Kier alpha value is -1.66. The zero-order valence-corrected chi connectivity index (χ0v) is 18.0. The molecule has 0 amide bonds. The second-order valence-corrected chi connectivity index (χ2v) is 8.55. The van der Waals surface area contributed by atoms with Crippen LogP contribution in [-0.2, 0) is 28.5 Å². The number of hydrogen-bond donors (Lipinski definition) is 0. The van der Waals surface area contributed by atoms with Crippen LogP contribution in [0, 0.1) is 11.8 Å². The van der Waals surface area contributed by atoms with E-state index in [1.807, 2.05) is 18.2 Å². The molecule has 30 heavy (non-hydrogen) atoms. The average molecular weight is 421 g/mol. The summed E-state index contributed by atoms with van der Waals surface area (Å²) in [6.07, 6.45) is 15.9. The number of ether oxygens (including phenoxy) is 4. The van der Waals surface area contributed by atoms with Crippen molar-refractivity contribution < 1.29 is 28.5 Å². The Kier molecular flexibility index (Phi) is 9.40. The van der Waals surface area contributed by atoms with Crippen LogP contribution in [-0.4, -0.2) is 50.1 Å². The number of rotatable bonds is 14. The van der Waals surface area contributed by atoms with Crippen LogP contribution in [0.5, 0.6) is 0 Å². The Morgan fingerprint density at radius 2 is 1.63 bits per heavy atom. The molecule has 168 valence electrons. The summed E-state index contributed by atoms with van der Waals surface area (Å²) in [5.74, 6) is -1.35. The third kappa shape index (κ3) is 7.88. The van der Waals surface area contributed by atoms with E-state index in [-0.39, 0.29) is 37.4 Å². The molecule has 3 rings (SSSR count). The quantitative estimate of drug-likeness (QED) is 0.182. The van der Waals surface area contributed by atoms with Crippen molar-refractivity contribution in [2.75, 3.05) is 19.8 Å². The first kappa shape index (κ1) is 23.0. The molecule has 3 aliphatic rings. The molecule has 2 saturated heterocycles. The van der Waals surface area contributed by atoms with E-state index in [1.165, 1.54) is 0 Å². The fourth-order valence-corrected chi connectivity index (χ4v) is 4.13. The minimum Gasteiger partial charge on any atom is -0.463 e. The fraction of sp³-hybridized carbons (Fsp3) is 0.750. The molecule has 0 aromatic rings. The molecule has 0 aromatic heterocycles. The van der Waals surface area contributed by atoms with Gasteiger partial charge in [0, 0.05) is 0 Å². The maximum atomic E-state index is 12.6. The minimum absolute atomic E-state index is 0.00405. The molecule has 3 fully saturated rings. The minimum atomic E-state index is -0.397. The highest BCUT2D eigenvalue weighted by Crippen LogP contribution is 2.33. The molecule has 1 aliphatic carbocycles. The van der Waals surface area contributed by atoms with Crippen LogP contribution < -0.4 is 0 Å². The van der Waals surface area contributed by atoms with E-state index < -0.39 is 11.8 Å². The van der Waals surface area contributed by atoms with Gasteiger partial charge in [0.1, 0.15) is 19.3 Å². The maximum absolute atomic E-state index is 12.6. The van der Waals surface area contributed by atoms with Gasteiger partial charge < -0.3 is 18.9 Å². The topological polar surface area (TPSA) is 77.7 Å². The molecule has 6 heteroatoms. The van der Waals surface area contributed by atoms with Crippen molar-refractivity contribution in [2.24, 2.45) is 11.8 Å². The number of epoxide rings is 2. The molecular weight excluding hydrogens is 384 g/mol. The highest BCUT2D eigenvalue weighted by molar-refractivity contribution is 5.82. The largest absolute Gasteiger partial charge is 0.463 e. The van der Waals surface area contributed by atoms with Gasteiger partial charge in [0.05, 0.1) is 30.7 Å². The number of allylic oxidation sites excluding steroid dienone is 2. The first-order valence-electron chi connectivity index (χ1n) is 11.5. The van der Waals surface area contributed by atoms with Gasteiger partial charge in [-0.3, -0.25) is 9.59 Å². The van der Waals surface area contributed by atoms with Gasteiger partial charge in [0.2, 0.25) is 0 Å². The van der Waals surface area contributed by atoms with Crippen LogP contribution >= 0.6 is 0 Å². The van der Waals surface area contributed by atoms with Crippen LogP contribution in [0.2, 0.25) is 0 Å². The lowest BCUT2D eigenvalue weighted by atomic mass is 9.79. The van der Waals surface area contributed by atoms with E-state index in [1.54, 1.807) is 0 Å². The molecule has 2 heterocycles. The van der Waals surface area contributed by atoms with Gasteiger partial charge in [-0.05, 0) is 51.4 Å². The van der Waals surface area contributed by atoms with Crippen LogP contribution in [0.4, 0.5) is 0 Å². The lowest BCUT2D eigenvalue weighted by Crippen LogP contribution is -2.35. The normalized spacial score (nSPS) is 30.1. The van der Waals surface area contributed by atoms with Gasteiger partial charge in [0.15, 0.2) is 0 Å². The molecule has 0 aromatic carbocycles. The third-order valence-corrected chi connectivity index (χ3v) is 6.13. The number of carbonyl (C=O) groups is 2. The van der Waals surface area contributed by atoms with Crippen molar-refractivity contribution in [3.63, 3.8) is 0 Å². The first-order valence-corrected chi connectivity index (χ1v) is 11.5. The molecule has 0 N–H and O–H groups in total. The van der Waals surface area contributed by atoms with E-state index in [0.29, 0.717) is 18.9 Å². The zero-order valence-electron chi connectivity index (χ0n) is 18.0. The number of hydrogen-bond acceptors (Lipinski definition) is 6. The predicted molar refractivity (Wildman–Crippen MR) is 113 cm³/mol. The highest BCUT2D eigenvalue weighted by atomic mass is 16.6. The number of unbranched alkanes of at least 4 members (excludes halogenated alkanes) is 2. The van der Waals surface area contributed by atoms with Crippen LogP contribution in [0.1, 0.15) is 64.2 Å². The summed E-state index contributed by atoms with van der Waals surface area (Å²) in [7, 11) is 0. The third-order valence-electron chi connectivity index (χ3n) is 6.13. The zero-order chi connectivity index (χ0) is 21.2. The highest BCUT2D eigenvalue weighted by Gasteiger charge is 2.41. The molecule has 0 bridgehead atoms. The molecule has 1 saturated carbocycles. The summed E-state index contributed by atoms with van der Waals surface area (Å²) < 4.78 is 21.7. The predicted octanol–water partition coefficient (Wildman–Crippen LogP) is 4.13. The number of esters is 2. The van der Waals surface area contributed by atoms with Crippen LogP contribution in [0.15, 0.2) is 24.8 Å². The van der Waals surface area contributed by atoms with Gasteiger partial charge in [-0.15, -0.1) is 6.58 Å². The van der Waals surface area contributed by atoms with Crippen LogP contribution in [0.25, 0.3) is 0 Å². The van der Waals surface area contributed by atoms with Crippen molar-refractivity contribution in [3.8, 4) is 0 Å². The van der Waals surface area contributed by atoms with Crippen molar-refractivity contribution in [1.82, 2.24) is 0 Å². The smallest absolute Gasteiger partial charge is 0.310 e. The van der Waals surface area contributed by atoms with Gasteiger partial charge >= 0.3 is 11.9 Å². The van der Waals surface area contributed by atoms with Crippen LogP contribution in [0.3, 0.4) is 0 Å². The maximum Gasteiger partial charge on any atom is 0.310 e. The first-order chi connectivity index (χ1) is 14.7. The summed E-state index contributed by atoms with van der Waals surface area (Å²) in [4.78, 5) is 25.1. The molecular formula is C24H36O6. The fourth-order valence-electron chi connectivity index (χ4n) is 4.13.